The molecule has 6 rings (SSSR count). The van der Waals surface area contributed by atoms with Gasteiger partial charge in [-0.1, -0.05) is 24.3 Å². The van der Waals surface area contributed by atoms with Gasteiger partial charge in [0.05, 0.1) is 78.0 Å². The first-order valence-corrected chi connectivity index (χ1v) is 18.9. The number of rotatable bonds is 14. The van der Waals surface area contributed by atoms with Crippen LogP contribution in [0, 0.1) is 20.2 Å². The number of aryl methyl sites for hydroxylation is 1. The summed E-state index contributed by atoms with van der Waals surface area (Å²) in [5.41, 5.74) is 2.94. The highest BCUT2D eigenvalue weighted by molar-refractivity contribution is 6.11. The Morgan fingerprint density at radius 1 is 0.631 bits per heavy atom. The van der Waals surface area contributed by atoms with Crippen molar-refractivity contribution in [1.82, 2.24) is 0 Å². The van der Waals surface area contributed by atoms with E-state index >= 15 is 0 Å². The van der Waals surface area contributed by atoms with Crippen molar-refractivity contribution in [2.75, 3.05) is 39.1 Å². The summed E-state index contributed by atoms with van der Waals surface area (Å²) >= 11 is 0. The number of methoxy groups -OCH3 is 4. The predicted molar refractivity (Wildman–Crippen MR) is 224 cm³/mol. The Morgan fingerprint density at radius 3 is 1.48 bits per heavy atom. The first-order chi connectivity index (χ1) is 30.9. The Kier molecular flexibility index (Phi) is 15.1. The number of ether oxygens (including phenoxy) is 6. The molecule has 2 N–H and O–H groups in total. The molecule has 22 heteroatoms. The second kappa shape index (κ2) is 20.6. The highest BCUT2D eigenvalue weighted by atomic mass is 19.4. The quantitative estimate of drug-likeness (QED) is 0.0462. The van der Waals surface area contributed by atoms with E-state index in [1.807, 2.05) is 61.5 Å². The minimum Gasteiger partial charge on any atom is -0.542 e. The summed E-state index contributed by atoms with van der Waals surface area (Å²) in [5, 5.41) is 40.2. The number of carbonyl (C=O) groups excluding carboxylic acids is 3. The summed E-state index contributed by atoms with van der Waals surface area (Å²) in [6, 6.07) is 25.6. The van der Waals surface area contributed by atoms with Crippen LogP contribution >= 0.6 is 0 Å². The Hall–Kier alpha value is -8.43. The topological polar surface area (TPSA) is 244 Å². The molecule has 0 aliphatic carbocycles. The molecule has 0 aliphatic rings. The fourth-order valence-electron chi connectivity index (χ4n) is 6.60. The summed E-state index contributed by atoms with van der Waals surface area (Å²) in [6.07, 6.45) is -6.86. The predicted octanol–water partition coefficient (Wildman–Crippen LogP) is 7.61. The van der Waals surface area contributed by atoms with Crippen LogP contribution in [0.2, 0.25) is 0 Å². The van der Waals surface area contributed by atoms with Gasteiger partial charge in [-0.05, 0) is 55.5 Å². The van der Waals surface area contributed by atoms with Gasteiger partial charge in [-0.3, -0.25) is 30.9 Å². The average molecular weight is 906 g/mol. The largest absolute Gasteiger partial charge is 0.542 e. The van der Waals surface area contributed by atoms with Gasteiger partial charge in [0.25, 0.3) is 11.4 Å². The van der Waals surface area contributed by atoms with Gasteiger partial charge in [0.2, 0.25) is 11.2 Å². The fraction of sp³-hybridized carbons (Fsp3) is 0.209. The minimum atomic E-state index is -5.19. The van der Waals surface area contributed by atoms with Crippen molar-refractivity contribution in [3.63, 3.8) is 0 Å². The molecular weight excluding hydrogens is 867 g/mol. The standard InChI is InChI=1S/C41H37N5O12.C2HF3O2/c1-6-44-34-19-28(43-41(48)58-23-26-17-36(54-3)38(56-5)21-33(26)46(51)52)13-15-30(34)29-14-12-27(18-31(29)39(44)24-10-8-7-9-11-24)42-40(47)57-22-25-16-35(53-2)37(55-4)20-32(25)45(49)50;3-2(4,5)1(6)7/h7-21H,6,22-23H2,1-5H3,(H,42,47);(H,6,7). The summed E-state index contributed by atoms with van der Waals surface area (Å²) in [6.45, 7) is 1.67. The van der Waals surface area contributed by atoms with Crippen LogP contribution in [0.25, 0.3) is 32.9 Å². The van der Waals surface area contributed by atoms with E-state index in [2.05, 4.69) is 15.2 Å². The molecule has 0 spiro atoms. The molecule has 340 valence electrons. The van der Waals surface area contributed by atoms with Gasteiger partial charge in [0, 0.05) is 22.7 Å². The number of carbonyl (C=O) groups is 3. The number of nitro groups is 2. The second-order valence-electron chi connectivity index (χ2n) is 13.3. The van der Waals surface area contributed by atoms with E-state index in [4.69, 9.17) is 38.3 Å². The lowest BCUT2D eigenvalue weighted by Crippen LogP contribution is -2.37. The third-order valence-corrected chi connectivity index (χ3v) is 9.49. The number of anilines is 2. The summed E-state index contributed by atoms with van der Waals surface area (Å²) in [7, 11) is 5.51. The lowest BCUT2D eigenvalue weighted by molar-refractivity contribution is -0.655. The Bertz CT molecular complexity index is 2790. The number of hydrogen-bond acceptors (Lipinski definition) is 14. The van der Waals surface area contributed by atoms with Gasteiger partial charge < -0.3 is 38.3 Å². The molecule has 5 aromatic carbocycles. The zero-order valence-corrected chi connectivity index (χ0v) is 35.0. The van der Waals surface area contributed by atoms with Gasteiger partial charge in [-0.15, -0.1) is 0 Å². The fourth-order valence-corrected chi connectivity index (χ4v) is 6.60. The van der Waals surface area contributed by atoms with Gasteiger partial charge in [0.15, 0.2) is 23.0 Å². The van der Waals surface area contributed by atoms with Crippen LogP contribution in [0.3, 0.4) is 0 Å². The van der Waals surface area contributed by atoms with Crippen molar-refractivity contribution in [2.24, 2.45) is 0 Å². The molecule has 19 nitrogen and oxygen atoms in total. The van der Waals surface area contributed by atoms with E-state index in [1.54, 1.807) is 12.1 Å². The highest BCUT2D eigenvalue weighted by Crippen LogP contribution is 2.37. The number of nitrogens with zero attached hydrogens (tertiary/aromatic N) is 3. The molecule has 0 saturated heterocycles. The number of nitro benzene ring substituents is 2. The normalized spacial score (nSPS) is 10.8. The zero-order valence-electron chi connectivity index (χ0n) is 35.0. The monoisotopic (exact) mass is 905 g/mol. The maximum atomic E-state index is 13.1. The number of pyridine rings is 1. The molecular formula is C43H38F3N5O14. The van der Waals surface area contributed by atoms with Crippen LogP contribution in [0.1, 0.15) is 18.1 Å². The molecule has 0 aliphatic heterocycles. The van der Waals surface area contributed by atoms with Gasteiger partial charge in [-0.25, -0.2) is 9.59 Å². The number of carboxylic acid groups (broad SMARTS) is 1. The summed E-state index contributed by atoms with van der Waals surface area (Å²) < 4.78 is 65.3. The van der Waals surface area contributed by atoms with Crippen LogP contribution in [-0.4, -0.2) is 62.6 Å². The van der Waals surface area contributed by atoms with Gasteiger partial charge in [0.1, 0.15) is 25.7 Å². The van der Waals surface area contributed by atoms with Gasteiger partial charge in [-0.2, -0.15) is 17.7 Å². The number of nitrogens with one attached hydrogen (secondary N) is 2. The molecule has 0 radical (unpaired) electrons. The summed E-state index contributed by atoms with van der Waals surface area (Å²) in [5.74, 6) is -2.19. The number of carboxylic acids is 1. The lowest BCUT2D eigenvalue weighted by Gasteiger charge is -2.14. The van der Waals surface area contributed by atoms with Crippen molar-refractivity contribution >= 4 is 62.6 Å². The molecule has 1 heterocycles. The number of aromatic nitrogens is 1. The lowest BCUT2D eigenvalue weighted by atomic mass is 9.98. The van der Waals surface area contributed by atoms with E-state index in [1.165, 1.54) is 52.7 Å². The molecule has 6 aromatic rings. The highest BCUT2D eigenvalue weighted by Gasteiger charge is 2.29. The van der Waals surface area contributed by atoms with Crippen LogP contribution in [0.5, 0.6) is 23.0 Å². The number of hydrogen-bond donors (Lipinski definition) is 2. The summed E-state index contributed by atoms with van der Waals surface area (Å²) in [4.78, 5) is 57.2. The van der Waals surface area contributed by atoms with E-state index in [-0.39, 0.29) is 45.5 Å². The smallest absolute Gasteiger partial charge is 0.430 e. The first kappa shape index (κ1) is 47.6. The number of aliphatic carboxylic acids is 1. The van der Waals surface area contributed by atoms with E-state index in [0.29, 0.717) is 17.9 Å². The van der Waals surface area contributed by atoms with Gasteiger partial charge >= 0.3 is 18.4 Å². The Balaban J connectivity index is 0.00000105. The van der Waals surface area contributed by atoms with E-state index in [0.717, 1.165) is 32.9 Å². The second-order valence-corrected chi connectivity index (χ2v) is 13.3. The van der Waals surface area contributed by atoms with Crippen LogP contribution in [-0.2, 0) is 34.0 Å². The number of alkyl halides is 3. The molecule has 2 amide bonds. The number of benzene rings is 5. The Labute approximate surface area is 366 Å². The van der Waals surface area contributed by atoms with E-state index < -0.39 is 47.4 Å². The minimum absolute atomic E-state index is 0.113. The van der Waals surface area contributed by atoms with Crippen molar-refractivity contribution in [1.29, 1.82) is 0 Å². The van der Waals surface area contributed by atoms with Crippen molar-refractivity contribution in [3.8, 4) is 34.3 Å². The van der Waals surface area contributed by atoms with Crippen LogP contribution in [0.15, 0.2) is 91.0 Å². The van der Waals surface area contributed by atoms with Crippen molar-refractivity contribution in [2.45, 2.75) is 32.9 Å². The molecule has 65 heavy (non-hydrogen) atoms. The third kappa shape index (κ3) is 11.2. The number of amides is 2. The average Bonchev–Trinajstić information content (AvgIpc) is 3.28. The molecule has 0 fully saturated rings. The van der Waals surface area contributed by atoms with Crippen LogP contribution in [0.4, 0.5) is 45.5 Å². The number of fused-ring (bicyclic) bond motifs is 3. The van der Waals surface area contributed by atoms with E-state index in [9.17, 15) is 43.0 Å². The third-order valence-electron chi connectivity index (χ3n) is 9.49. The molecule has 1 aromatic heterocycles. The molecule has 0 unspecified atom stereocenters. The van der Waals surface area contributed by atoms with Crippen molar-refractivity contribution in [3.05, 3.63) is 122 Å². The molecule has 0 atom stereocenters. The maximum absolute atomic E-state index is 13.1. The Morgan fingerprint density at radius 2 is 1.06 bits per heavy atom. The van der Waals surface area contributed by atoms with Crippen LogP contribution < -0.4 is 39.3 Å². The van der Waals surface area contributed by atoms with Crippen molar-refractivity contribution < 1.29 is 75.5 Å². The zero-order chi connectivity index (χ0) is 47.6. The SMILES string of the molecule is CC[n+]1c(-c2ccccc2)c2cc(NC(=O)OCc3cc(OC)c(OC)cc3[N+](=O)[O-])ccc2c2ccc(NC(=O)OCc3cc(OC)c(OC)cc3[N+](=O)[O-])cc21.O=C([O-])C(F)(F)F. The maximum Gasteiger partial charge on any atom is 0.430 e. The first-order valence-electron chi connectivity index (χ1n) is 18.9. The molecule has 0 saturated carbocycles. The number of halogens is 3. The molecule has 0 bridgehead atoms.